The average Bonchev–Trinajstić information content (AvgIpc) is 2.77. The molecule has 1 aromatic carbocycles. The topological polar surface area (TPSA) is 38.0 Å². The molecule has 1 aromatic heterocycles. The Morgan fingerprint density at radius 2 is 1.84 bits per heavy atom. The molecule has 1 unspecified atom stereocenters. The summed E-state index contributed by atoms with van der Waals surface area (Å²) >= 11 is 0. The quantitative estimate of drug-likeness (QED) is 0.924. The number of halogens is 2. The molecule has 0 aliphatic rings. The summed E-state index contributed by atoms with van der Waals surface area (Å²) in [6.45, 7) is 4.24. The van der Waals surface area contributed by atoms with E-state index in [1.54, 1.807) is 10.9 Å². The van der Waals surface area contributed by atoms with Gasteiger partial charge in [0, 0.05) is 24.4 Å². The van der Waals surface area contributed by atoms with Crippen LogP contribution in [0.3, 0.4) is 0 Å². The number of hydrogen-bond acceptors (Lipinski definition) is 2. The Balaban J connectivity index is 2.39. The molecule has 0 saturated heterocycles. The van der Waals surface area contributed by atoms with Gasteiger partial charge < -0.3 is 5.11 Å². The number of aromatic nitrogens is 2. The van der Waals surface area contributed by atoms with Crippen LogP contribution in [0, 0.1) is 11.6 Å². The van der Waals surface area contributed by atoms with Crippen LogP contribution in [0.15, 0.2) is 30.6 Å². The summed E-state index contributed by atoms with van der Waals surface area (Å²) in [6.07, 6.45) is 4.11. The predicted molar refractivity (Wildman–Crippen MR) is 67.5 cm³/mol. The number of aryl methyl sites for hydroxylation is 1. The van der Waals surface area contributed by atoms with E-state index < -0.39 is 17.2 Å². The summed E-state index contributed by atoms with van der Waals surface area (Å²) in [5, 5.41) is 14.6. The number of aliphatic hydroxyl groups is 1. The molecule has 0 aliphatic heterocycles. The number of nitrogens with zero attached hydrogens (tertiary/aromatic N) is 2. The van der Waals surface area contributed by atoms with Crippen LogP contribution in [-0.2, 0) is 12.1 Å². The van der Waals surface area contributed by atoms with Crippen molar-refractivity contribution in [1.82, 2.24) is 9.78 Å². The molecule has 0 bridgehead atoms. The maximum atomic E-state index is 13.2. The summed E-state index contributed by atoms with van der Waals surface area (Å²) in [6, 6.07) is 3.03. The standard InChI is InChI=1S/C14H16F2N2O/c1-3-4-18-9-11(8-17-18)14(2,19)10-5-12(15)7-13(16)6-10/h5-9,19H,3-4H2,1-2H3. The highest BCUT2D eigenvalue weighted by atomic mass is 19.1. The van der Waals surface area contributed by atoms with Gasteiger partial charge in [-0.05, 0) is 31.0 Å². The van der Waals surface area contributed by atoms with Gasteiger partial charge in [-0.1, -0.05) is 6.92 Å². The lowest BCUT2D eigenvalue weighted by atomic mass is 9.90. The van der Waals surface area contributed by atoms with Crippen LogP contribution in [0.2, 0.25) is 0 Å². The summed E-state index contributed by atoms with van der Waals surface area (Å²) in [5.74, 6) is -1.42. The average molecular weight is 266 g/mol. The van der Waals surface area contributed by atoms with Gasteiger partial charge in [0.15, 0.2) is 0 Å². The molecule has 1 atom stereocenters. The molecule has 0 radical (unpaired) electrons. The van der Waals surface area contributed by atoms with Gasteiger partial charge >= 0.3 is 0 Å². The first-order chi connectivity index (χ1) is 8.93. The van der Waals surface area contributed by atoms with E-state index in [0.29, 0.717) is 5.56 Å². The van der Waals surface area contributed by atoms with Crippen LogP contribution in [0.4, 0.5) is 8.78 Å². The van der Waals surface area contributed by atoms with Crippen LogP contribution in [0.5, 0.6) is 0 Å². The van der Waals surface area contributed by atoms with Gasteiger partial charge in [-0.2, -0.15) is 5.10 Å². The molecule has 2 aromatic rings. The molecular weight excluding hydrogens is 250 g/mol. The monoisotopic (exact) mass is 266 g/mol. The molecule has 102 valence electrons. The number of benzene rings is 1. The number of hydrogen-bond donors (Lipinski definition) is 1. The van der Waals surface area contributed by atoms with E-state index in [0.717, 1.165) is 31.2 Å². The molecule has 0 saturated carbocycles. The Bertz CT molecular complexity index is 558. The molecule has 0 aliphatic carbocycles. The Kier molecular flexibility index (Phi) is 3.66. The zero-order chi connectivity index (χ0) is 14.0. The first-order valence-corrected chi connectivity index (χ1v) is 6.15. The first-order valence-electron chi connectivity index (χ1n) is 6.15. The van der Waals surface area contributed by atoms with E-state index in [4.69, 9.17) is 0 Å². The van der Waals surface area contributed by atoms with E-state index in [-0.39, 0.29) is 5.56 Å². The van der Waals surface area contributed by atoms with Crippen molar-refractivity contribution in [3.05, 3.63) is 53.4 Å². The van der Waals surface area contributed by atoms with Gasteiger partial charge in [-0.3, -0.25) is 4.68 Å². The van der Waals surface area contributed by atoms with Crippen LogP contribution in [0.1, 0.15) is 31.4 Å². The molecule has 1 heterocycles. The molecule has 3 nitrogen and oxygen atoms in total. The predicted octanol–water partition coefficient (Wildman–Crippen LogP) is 2.83. The van der Waals surface area contributed by atoms with Crippen molar-refractivity contribution in [2.75, 3.05) is 0 Å². The molecule has 0 fully saturated rings. The SMILES string of the molecule is CCCn1cc(C(C)(O)c2cc(F)cc(F)c2)cn1. The Hall–Kier alpha value is -1.75. The number of rotatable bonds is 4. The van der Waals surface area contributed by atoms with Gasteiger partial charge in [0.25, 0.3) is 0 Å². The maximum absolute atomic E-state index is 13.2. The fraction of sp³-hybridized carbons (Fsp3) is 0.357. The third kappa shape index (κ3) is 2.81. The van der Waals surface area contributed by atoms with Crippen molar-refractivity contribution in [2.45, 2.75) is 32.4 Å². The van der Waals surface area contributed by atoms with E-state index >= 15 is 0 Å². The van der Waals surface area contributed by atoms with Crippen molar-refractivity contribution in [3.8, 4) is 0 Å². The first kappa shape index (κ1) is 13.7. The normalized spacial score (nSPS) is 14.4. The Labute approximate surface area is 110 Å². The highest BCUT2D eigenvalue weighted by molar-refractivity contribution is 5.33. The van der Waals surface area contributed by atoms with Crippen molar-refractivity contribution in [1.29, 1.82) is 0 Å². The van der Waals surface area contributed by atoms with Crippen LogP contribution in [-0.4, -0.2) is 14.9 Å². The minimum absolute atomic E-state index is 0.168. The Morgan fingerprint density at radius 1 is 1.21 bits per heavy atom. The van der Waals surface area contributed by atoms with E-state index in [9.17, 15) is 13.9 Å². The fourth-order valence-electron chi connectivity index (χ4n) is 1.97. The molecule has 2 rings (SSSR count). The third-order valence-electron chi connectivity index (χ3n) is 3.07. The molecule has 1 N–H and O–H groups in total. The van der Waals surface area contributed by atoms with Crippen molar-refractivity contribution >= 4 is 0 Å². The second-order valence-electron chi connectivity index (χ2n) is 4.72. The molecule has 19 heavy (non-hydrogen) atoms. The van der Waals surface area contributed by atoms with Crippen LogP contribution in [0.25, 0.3) is 0 Å². The summed E-state index contributed by atoms with van der Waals surface area (Å²) < 4.78 is 28.2. The summed E-state index contributed by atoms with van der Waals surface area (Å²) in [5.41, 5.74) is -0.804. The molecule has 0 spiro atoms. The second-order valence-corrected chi connectivity index (χ2v) is 4.72. The summed E-state index contributed by atoms with van der Waals surface area (Å²) in [4.78, 5) is 0. The van der Waals surface area contributed by atoms with Crippen molar-refractivity contribution in [3.63, 3.8) is 0 Å². The zero-order valence-electron chi connectivity index (χ0n) is 10.9. The highest BCUT2D eigenvalue weighted by Gasteiger charge is 2.28. The minimum atomic E-state index is -1.48. The van der Waals surface area contributed by atoms with Crippen molar-refractivity contribution in [2.24, 2.45) is 0 Å². The highest BCUT2D eigenvalue weighted by Crippen LogP contribution is 2.29. The van der Waals surface area contributed by atoms with Crippen LogP contribution < -0.4 is 0 Å². The summed E-state index contributed by atoms with van der Waals surface area (Å²) in [7, 11) is 0. The van der Waals surface area contributed by atoms with Gasteiger partial charge in [-0.15, -0.1) is 0 Å². The van der Waals surface area contributed by atoms with Gasteiger partial charge in [0.1, 0.15) is 17.2 Å². The lowest BCUT2D eigenvalue weighted by Crippen LogP contribution is -2.22. The van der Waals surface area contributed by atoms with Gasteiger partial charge in [0.05, 0.1) is 6.20 Å². The minimum Gasteiger partial charge on any atom is -0.381 e. The molecule has 0 amide bonds. The van der Waals surface area contributed by atoms with Crippen LogP contribution >= 0.6 is 0 Å². The van der Waals surface area contributed by atoms with Gasteiger partial charge in [0.2, 0.25) is 0 Å². The maximum Gasteiger partial charge on any atom is 0.126 e. The zero-order valence-corrected chi connectivity index (χ0v) is 10.9. The third-order valence-corrected chi connectivity index (χ3v) is 3.07. The van der Waals surface area contributed by atoms with Crippen molar-refractivity contribution < 1.29 is 13.9 Å². The smallest absolute Gasteiger partial charge is 0.126 e. The van der Waals surface area contributed by atoms with E-state index in [2.05, 4.69) is 5.10 Å². The largest absolute Gasteiger partial charge is 0.381 e. The van der Waals surface area contributed by atoms with E-state index in [1.165, 1.54) is 13.1 Å². The fourth-order valence-corrected chi connectivity index (χ4v) is 1.97. The Morgan fingerprint density at radius 3 is 2.42 bits per heavy atom. The molecular formula is C14H16F2N2O. The molecule has 5 heteroatoms. The second kappa shape index (κ2) is 5.09. The lowest BCUT2D eigenvalue weighted by Gasteiger charge is -2.22. The van der Waals surface area contributed by atoms with E-state index in [1.807, 2.05) is 6.92 Å². The van der Waals surface area contributed by atoms with Gasteiger partial charge in [-0.25, -0.2) is 8.78 Å². The lowest BCUT2D eigenvalue weighted by molar-refractivity contribution is 0.101.